The first kappa shape index (κ1) is 17.6. The molecular formula is C20H24N2O3S. The molecule has 26 heavy (non-hydrogen) atoms. The van der Waals surface area contributed by atoms with Gasteiger partial charge in [0.1, 0.15) is 5.25 Å². The number of aromatic nitrogens is 2. The zero-order valence-electron chi connectivity index (χ0n) is 15.2. The van der Waals surface area contributed by atoms with Crippen LogP contribution >= 0.6 is 11.8 Å². The highest BCUT2D eigenvalue weighted by atomic mass is 32.2. The van der Waals surface area contributed by atoms with Gasteiger partial charge in [0.2, 0.25) is 0 Å². The van der Waals surface area contributed by atoms with Gasteiger partial charge in [-0.05, 0) is 30.4 Å². The Kier molecular flexibility index (Phi) is 4.78. The fraction of sp³-hybridized carbons (Fsp3) is 0.550. The van der Waals surface area contributed by atoms with Crippen LogP contribution in [0.5, 0.6) is 0 Å². The summed E-state index contributed by atoms with van der Waals surface area (Å²) in [5, 5.41) is 1.03. The quantitative estimate of drug-likeness (QED) is 0.606. The number of esters is 1. The summed E-state index contributed by atoms with van der Waals surface area (Å²) in [5.74, 6) is 0.773. The molecule has 0 unspecified atom stereocenters. The highest BCUT2D eigenvalue weighted by Crippen LogP contribution is 2.40. The number of carbonyl (C=O) groups is 1. The second kappa shape index (κ2) is 7.06. The summed E-state index contributed by atoms with van der Waals surface area (Å²) in [5.41, 5.74) is 0.703. The maximum absolute atomic E-state index is 13.3. The van der Waals surface area contributed by atoms with Crippen LogP contribution in [-0.4, -0.2) is 27.4 Å². The number of thioether (sulfide) groups is 1. The molecule has 4 rings (SSSR count). The fourth-order valence-electron chi connectivity index (χ4n) is 4.13. The van der Waals surface area contributed by atoms with Gasteiger partial charge in [-0.3, -0.25) is 14.2 Å². The Hall–Kier alpha value is -1.82. The maximum atomic E-state index is 13.3. The predicted octanol–water partition coefficient (Wildman–Crippen LogP) is 3.80. The SMILES string of the molecule is C[C@H]1[C@H](C)CCC[C@@H]1n1c(S[C@@H]2CCOC2=O)nc2ccccc2c1=O. The Morgan fingerprint density at radius 3 is 2.73 bits per heavy atom. The average Bonchev–Trinajstić information content (AvgIpc) is 3.03. The van der Waals surface area contributed by atoms with E-state index in [4.69, 9.17) is 9.72 Å². The van der Waals surface area contributed by atoms with Gasteiger partial charge in [0.25, 0.3) is 5.56 Å². The Morgan fingerprint density at radius 1 is 1.15 bits per heavy atom. The molecule has 0 radical (unpaired) electrons. The molecule has 4 atom stereocenters. The van der Waals surface area contributed by atoms with Gasteiger partial charge in [0, 0.05) is 12.5 Å². The maximum Gasteiger partial charge on any atom is 0.319 e. The summed E-state index contributed by atoms with van der Waals surface area (Å²) in [6.07, 6.45) is 3.97. The van der Waals surface area contributed by atoms with E-state index in [0.29, 0.717) is 40.9 Å². The summed E-state index contributed by atoms with van der Waals surface area (Å²) in [4.78, 5) is 30.1. The smallest absolute Gasteiger partial charge is 0.319 e. The van der Waals surface area contributed by atoms with Crippen LogP contribution in [0.3, 0.4) is 0 Å². The van der Waals surface area contributed by atoms with Gasteiger partial charge >= 0.3 is 5.97 Å². The van der Waals surface area contributed by atoms with E-state index in [-0.39, 0.29) is 22.8 Å². The molecule has 0 spiro atoms. The van der Waals surface area contributed by atoms with Crippen molar-refractivity contribution in [3.63, 3.8) is 0 Å². The van der Waals surface area contributed by atoms with Crippen molar-refractivity contribution < 1.29 is 9.53 Å². The molecule has 1 aromatic heterocycles. The number of nitrogens with zero attached hydrogens (tertiary/aromatic N) is 2. The van der Waals surface area contributed by atoms with E-state index in [9.17, 15) is 9.59 Å². The van der Waals surface area contributed by atoms with Crippen LogP contribution in [0.15, 0.2) is 34.2 Å². The van der Waals surface area contributed by atoms with Crippen LogP contribution in [0.4, 0.5) is 0 Å². The topological polar surface area (TPSA) is 61.2 Å². The van der Waals surface area contributed by atoms with Crippen LogP contribution in [-0.2, 0) is 9.53 Å². The third kappa shape index (κ3) is 3.04. The number of cyclic esters (lactones) is 1. The molecule has 2 aromatic rings. The molecule has 1 aromatic carbocycles. The standard InChI is InChI=1S/C20H24N2O3S/c1-12-6-5-9-16(13(12)2)22-18(23)14-7-3-4-8-15(14)21-20(22)26-17-10-11-25-19(17)24/h3-4,7-8,12-13,16-17H,5-6,9-11H2,1-2H3/t12-,13+,16+,17-/m1/s1. The lowest BCUT2D eigenvalue weighted by Gasteiger charge is -2.36. The molecule has 138 valence electrons. The lowest BCUT2D eigenvalue weighted by atomic mass is 9.78. The Balaban J connectivity index is 1.85. The zero-order valence-corrected chi connectivity index (χ0v) is 16.0. The van der Waals surface area contributed by atoms with Gasteiger partial charge < -0.3 is 4.74 Å². The van der Waals surface area contributed by atoms with Gasteiger partial charge in [-0.2, -0.15) is 0 Å². The molecule has 1 saturated carbocycles. The summed E-state index contributed by atoms with van der Waals surface area (Å²) < 4.78 is 6.98. The number of ether oxygens (including phenoxy) is 1. The first-order valence-corrected chi connectivity index (χ1v) is 10.3. The highest BCUT2D eigenvalue weighted by molar-refractivity contribution is 8.00. The van der Waals surface area contributed by atoms with Crippen molar-refractivity contribution in [2.45, 2.75) is 56.0 Å². The lowest BCUT2D eigenvalue weighted by molar-refractivity contribution is -0.137. The number of para-hydroxylation sites is 1. The van der Waals surface area contributed by atoms with Gasteiger partial charge in [-0.15, -0.1) is 0 Å². The fourth-order valence-corrected chi connectivity index (χ4v) is 5.25. The van der Waals surface area contributed by atoms with Crippen molar-refractivity contribution in [3.05, 3.63) is 34.6 Å². The molecular weight excluding hydrogens is 348 g/mol. The zero-order chi connectivity index (χ0) is 18.3. The van der Waals surface area contributed by atoms with Crippen LogP contribution in [0, 0.1) is 11.8 Å². The molecule has 0 N–H and O–H groups in total. The van der Waals surface area contributed by atoms with E-state index in [1.165, 1.54) is 18.2 Å². The van der Waals surface area contributed by atoms with Crippen molar-refractivity contribution in [2.24, 2.45) is 11.8 Å². The van der Waals surface area contributed by atoms with E-state index in [1.807, 2.05) is 28.8 Å². The van der Waals surface area contributed by atoms with Crippen LogP contribution in [0.2, 0.25) is 0 Å². The molecule has 1 aliphatic carbocycles. The summed E-state index contributed by atoms with van der Waals surface area (Å²) in [6, 6.07) is 7.61. The van der Waals surface area contributed by atoms with E-state index in [1.54, 1.807) is 0 Å². The lowest BCUT2D eigenvalue weighted by Crippen LogP contribution is -2.35. The van der Waals surface area contributed by atoms with Crippen molar-refractivity contribution in [1.82, 2.24) is 9.55 Å². The van der Waals surface area contributed by atoms with E-state index in [0.717, 1.165) is 12.8 Å². The predicted molar refractivity (Wildman–Crippen MR) is 102 cm³/mol. The Labute approximate surface area is 157 Å². The Bertz CT molecular complexity index is 894. The summed E-state index contributed by atoms with van der Waals surface area (Å²) in [7, 11) is 0. The minimum atomic E-state index is -0.273. The second-order valence-electron chi connectivity index (χ2n) is 7.48. The van der Waals surface area contributed by atoms with E-state index >= 15 is 0 Å². The molecule has 0 bridgehead atoms. The van der Waals surface area contributed by atoms with Crippen molar-refractivity contribution in [1.29, 1.82) is 0 Å². The molecule has 1 aliphatic heterocycles. The monoisotopic (exact) mass is 372 g/mol. The van der Waals surface area contributed by atoms with Crippen molar-refractivity contribution >= 4 is 28.6 Å². The van der Waals surface area contributed by atoms with Crippen LogP contribution in [0.25, 0.3) is 10.9 Å². The third-order valence-corrected chi connectivity index (χ3v) is 7.12. The number of hydrogen-bond donors (Lipinski definition) is 0. The number of fused-ring (bicyclic) bond motifs is 1. The van der Waals surface area contributed by atoms with Gasteiger partial charge in [-0.25, -0.2) is 4.98 Å². The molecule has 2 aliphatic rings. The Morgan fingerprint density at radius 2 is 1.96 bits per heavy atom. The first-order valence-electron chi connectivity index (χ1n) is 9.41. The molecule has 2 heterocycles. The number of rotatable bonds is 3. The van der Waals surface area contributed by atoms with Gasteiger partial charge in [0.15, 0.2) is 5.16 Å². The molecule has 1 saturated heterocycles. The van der Waals surface area contributed by atoms with Gasteiger partial charge in [-0.1, -0.05) is 50.6 Å². The minimum absolute atomic E-state index is 0.00964. The van der Waals surface area contributed by atoms with Crippen LogP contribution in [0.1, 0.15) is 45.6 Å². The highest BCUT2D eigenvalue weighted by Gasteiger charge is 2.34. The van der Waals surface area contributed by atoms with E-state index in [2.05, 4.69) is 13.8 Å². The summed E-state index contributed by atoms with van der Waals surface area (Å²) >= 11 is 1.39. The third-order valence-electron chi connectivity index (χ3n) is 5.91. The second-order valence-corrected chi connectivity index (χ2v) is 8.65. The molecule has 6 heteroatoms. The van der Waals surface area contributed by atoms with Crippen LogP contribution < -0.4 is 5.56 Å². The van der Waals surface area contributed by atoms with Crippen molar-refractivity contribution in [2.75, 3.05) is 6.61 Å². The minimum Gasteiger partial charge on any atom is -0.465 e. The van der Waals surface area contributed by atoms with Gasteiger partial charge in [0.05, 0.1) is 17.5 Å². The molecule has 0 amide bonds. The summed E-state index contributed by atoms with van der Waals surface area (Å²) in [6.45, 7) is 4.94. The number of carbonyl (C=O) groups excluding carboxylic acids is 1. The normalized spacial score (nSPS) is 29.1. The number of hydrogen-bond acceptors (Lipinski definition) is 5. The largest absolute Gasteiger partial charge is 0.465 e. The van der Waals surface area contributed by atoms with E-state index < -0.39 is 0 Å². The first-order chi connectivity index (χ1) is 12.6. The number of benzene rings is 1. The molecule has 5 nitrogen and oxygen atoms in total. The molecule has 2 fully saturated rings. The van der Waals surface area contributed by atoms with Crippen molar-refractivity contribution in [3.8, 4) is 0 Å². The average molecular weight is 372 g/mol.